The number of hydrogen-bond donors (Lipinski definition) is 6. The highest BCUT2D eigenvalue weighted by atomic mass is 16.7. The average Bonchev–Trinajstić information content (AvgIpc) is 2.46. The number of hydrogen-bond acceptors (Lipinski definition) is 15. The van der Waals surface area contributed by atoms with Crippen molar-refractivity contribution in [2.45, 2.75) is 25.2 Å². The molecule has 122 valence electrons. The summed E-state index contributed by atoms with van der Waals surface area (Å²) in [5.41, 5.74) is 14.1. The van der Waals surface area contributed by atoms with E-state index in [4.69, 9.17) is 0 Å². The zero-order valence-electron chi connectivity index (χ0n) is 10.4. The van der Waals surface area contributed by atoms with Gasteiger partial charge in [0.25, 0.3) is 0 Å². The summed E-state index contributed by atoms with van der Waals surface area (Å²) < 4.78 is 0. The van der Waals surface area contributed by atoms with Gasteiger partial charge in [0.1, 0.15) is 0 Å². The number of hydrazine groups is 6. The number of rotatable bonds is 3. The lowest BCUT2D eigenvalue weighted by Gasteiger charge is -2.53. The highest BCUT2D eigenvalue weighted by molar-refractivity contribution is 4.76. The molecule has 0 bridgehead atoms. The van der Waals surface area contributed by atoms with Crippen LogP contribution in [0, 0.1) is 30.3 Å². The van der Waals surface area contributed by atoms with E-state index in [1.165, 1.54) is 0 Å². The Bertz CT molecular complexity index is 425. The van der Waals surface area contributed by atoms with E-state index >= 15 is 0 Å². The molecule has 0 saturated carbocycles. The van der Waals surface area contributed by atoms with Crippen LogP contribution in [0.5, 0.6) is 0 Å². The second kappa shape index (κ2) is 5.24. The fourth-order valence-corrected chi connectivity index (χ4v) is 2.02. The van der Waals surface area contributed by atoms with Crippen molar-refractivity contribution in [2.75, 3.05) is 0 Å². The Morgan fingerprint density at radius 1 is 0.591 bits per heavy atom. The topological polar surface area (TPSA) is 211 Å². The van der Waals surface area contributed by atoms with E-state index in [-0.39, 0.29) is 0 Å². The van der Waals surface area contributed by atoms with Gasteiger partial charge >= 0.3 is 18.9 Å². The first-order valence-corrected chi connectivity index (χ1v) is 5.72. The van der Waals surface area contributed by atoms with E-state index < -0.39 is 39.9 Å². The Morgan fingerprint density at radius 3 is 1.00 bits per heavy atom. The van der Waals surface area contributed by atoms with Crippen LogP contribution in [0.3, 0.4) is 0 Å². The van der Waals surface area contributed by atoms with Gasteiger partial charge in [-0.25, -0.2) is 0 Å². The smallest absolute Gasteiger partial charge is 0.261 e. The third-order valence-electron chi connectivity index (χ3n) is 2.89. The van der Waals surface area contributed by atoms with Crippen molar-refractivity contribution in [2.24, 2.45) is 0 Å². The quantitative estimate of drug-likeness (QED) is 0.212. The molecule has 3 aliphatic heterocycles. The fraction of sp³-hybridized carbons (Fsp3) is 1.00. The van der Waals surface area contributed by atoms with E-state index in [0.717, 1.165) is 15.4 Å². The second-order valence-corrected chi connectivity index (χ2v) is 4.29. The van der Waals surface area contributed by atoms with Crippen LogP contribution < -0.4 is 32.6 Å². The van der Waals surface area contributed by atoms with Gasteiger partial charge in [-0.1, -0.05) is 0 Å². The van der Waals surface area contributed by atoms with Crippen molar-refractivity contribution >= 4 is 0 Å². The molecule has 0 radical (unpaired) electrons. The zero-order chi connectivity index (χ0) is 16.0. The third kappa shape index (κ3) is 2.41. The Kier molecular flexibility index (Phi) is 3.51. The van der Waals surface area contributed by atoms with Crippen LogP contribution in [-0.4, -0.2) is 55.3 Å². The summed E-state index contributed by atoms with van der Waals surface area (Å²) in [5.74, 6) is 0. The van der Waals surface area contributed by atoms with Crippen LogP contribution in [0.1, 0.15) is 0 Å². The summed E-state index contributed by atoms with van der Waals surface area (Å²) in [6.45, 7) is 0. The lowest BCUT2D eigenvalue weighted by atomic mass is 10.6. The largest absolute Gasteiger partial charge is 0.350 e. The van der Waals surface area contributed by atoms with Crippen molar-refractivity contribution in [3.05, 3.63) is 30.3 Å². The summed E-state index contributed by atoms with van der Waals surface area (Å²) in [4.78, 5) is 30.4. The fourth-order valence-electron chi connectivity index (χ4n) is 2.02. The highest BCUT2D eigenvalue weighted by Gasteiger charge is 2.54. The molecular formula is C4H10N12O6. The first kappa shape index (κ1) is 14.8. The Hall–Kier alpha value is -2.16. The van der Waals surface area contributed by atoms with Crippen LogP contribution in [0.4, 0.5) is 0 Å². The Labute approximate surface area is 119 Å². The van der Waals surface area contributed by atoms with Gasteiger partial charge in [-0.05, 0) is 0 Å². The predicted molar refractivity (Wildman–Crippen MR) is 60.5 cm³/mol. The second-order valence-electron chi connectivity index (χ2n) is 4.29. The van der Waals surface area contributed by atoms with Crippen LogP contribution in [0.15, 0.2) is 0 Å². The highest BCUT2D eigenvalue weighted by Crippen LogP contribution is 2.15. The number of nitrogens with zero attached hydrogens (tertiary/aromatic N) is 6. The average molecular weight is 322 g/mol. The zero-order valence-corrected chi connectivity index (χ0v) is 10.4. The first-order chi connectivity index (χ1) is 10.4. The molecule has 18 nitrogen and oxygen atoms in total. The van der Waals surface area contributed by atoms with Crippen molar-refractivity contribution in [1.82, 2.24) is 47.9 Å². The molecule has 6 N–H and O–H groups in total. The van der Waals surface area contributed by atoms with E-state index in [0.29, 0.717) is 0 Å². The minimum absolute atomic E-state index is 0.754. The molecule has 0 aliphatic carbocycles. The summed E-state index contributed by atoms with van der Waals surface area (Å²) in [7, 11) is 0. The van der Waals surface area contributed by atoms with E-state index in [2.05, 4.69) is 32.6 Å². The molecule has 0 unspecified atom stereocenters. The summed E-state index contributed by atoms with van der Waals surface area (Å²) in [5, 5.41) is 35.5. The Balaban J connectivity index is 1.87. The maximum atomic E-state index is 10.9. The van der Waals surface area contributed by atoms with Crippen molar-refractivity contribution in [1.29, 1.82) is 0 Å². The molecular weight excluding hydrogens is 312 g/mol. The SMILES string of the molecule is O=[N+]([O-])C1NN2NC([N+](=O)[O-])NN3NC([N+](=O)[O-])NN(N1)C23. The van der Waals surface area contributed by atoms with E-state index in [9.17, 15) is 30.3 Å². The first-order valence-electron chi connectivity index (χ1n) is 5.72. The molecule has 0 aromatic carbocycles. The lowest BCUT2D eigenvalue weighted by molar-refractivity contribution is -0.612. The summed E-state index contributed by atoms with van der Waals surface area (Å²) in [6.07, 6.45) is -5.65. The van der Waals surface area contributed by atoms with Crippen LogP contribution in [0.25, 0.3) is 0 Å². The van der Waals surface area contributed by atoms with E-state index in [1.807, 2.05) is 0 Å². The van der Waals surface area contributed by atoms with Gasteiger partial charge in [-0.15, -0.1) is 15.4 Å². The molecule has 0 aromatic rings. The molecule has 3 fully saturated rings. The van der Waals surface area contributed by atoms with Gasteiger partial charge in [-0.3, -0.25) is 30.3 Å². The van der Waals surface area contributed by atoms with Gasteiger partial charge in [-0.2, -0.15) is 32.6 Å². The minimum atomic E-state index is -1.56. The lowest BCUT2D eigenvalue weighted by Crippen LogP contribution is -2.93. The molecule has 3 heterocycles. The van der Waals surface area contributed by atoms with Crippen molar-refractivity contribution in [3.8, 4) is 0 Å². The third-order valence-corrected chi connectivity index (χ3v) is 2.89. The molecule has 0 spiro atoms. The van der Waals surface area contributed by atoms with Crippen LogP contribution >= 0.6 is 0 Å². The molecule has 3 aliphatic rings. The maximum absolute atomic E-state index is 10.9. The van der Waals surface area contributed by atoms with Gasteiger partial charge in [0, 0.05) is 0 Å². The summed E-state index contributed by atoms with van der Waals surface area (Å²) >= 11 is 0. The van der Waals surface area contributed by atoms with Crippen LogP contribution in [-0.2, 0) is 0 Å². The number of nitrogens with one attached hydrogen (secondary N) is 6. The monoisotopic (exact) mass is 322 g/mol. The normalized spacial score (nSPS) is 36.5. The Morgan fingerprint density at radius 2 is 0.818 bits per heavy atom. The molecule has 0 atom stereocenters. The van der Waals surface area contributed by atoms with Gasteiger partial charge in [0.05, 0.1) is 14.8 Å². The van der Waals surface area contributed by atoms with Gasteiger partial charge in [0.15, 0.2) is 0 Å². The van der Waals surface area contributed by atoms with Crippen molar-refractivity contribution < 1.29 is 14.8 Å². The van der Waals surface area contributed by atoms with Gasteiger partial charge < -0.3 is 0 Å². The molecule has 22 heavy (non-hydrogen) atoms. The molecule has 0 aromatic heterocycles. The minimum Gasteiger partial charge on any atom is -0.261 e. The predicted octanol–water partition coefficient (Wildman–Crippen LogP) is -5.07. The standard InChI is InChI=1S/C4H10N12O6/c17-14(18)1-5-11-4-12(6-1)8-3(16(21)22)10-13(4)9-2(7-11)15(19)20/h1-10H. The molecule has 3 rings (SSSR count). The van der Waals surface area contributed by atoms with Gasteiger partial charge in [0.2, 0.25) is 6.29 Å². The van der Waals surface area contributed by atoms with Crippen molar-refractivity contribution in [3.63, 3.8) is 0 Å². The van der Waals surface area contributed by atoms with Crippen LogP contribution in [0.2, 0.25) is 0 Å². The molecule has 18 heteroatoms. The maximum Gasteiger partial charge on any atom is 0.350 e. The number of nitro groups is 3. The van der Waals surface area contributed by atoms with E-state index in [1.54, 1.807) is 0 Å². The molecule has 0 amide bonds. The molecule has 3 saturated heterocycles. The summed E-state index contributed by atoms with van der Waals surface area (Å²) in [6, 6.07) is 0.